The largest absolute Gasteiger partial charge is 0.352 e. The van der Waals surface area contributed by atoms with Gasteiger partial charge >= 0.3 is 0 Å². The van der Waals surface area contributed by atoms with Crippen LogP contribution >= 0.6 is 0 Å². The van der Waals surface area contributed by atoms with E-state index in [1.807, 2.05) is 64.1 Å². The molecule has 0 heterocycles. The van der Waals surface area contributed by atoms with E-state index in [1.165, 1.54) is 16.7 Å². The topological polar surface area (TPSA) is 49.4 Å². The first-order chi connectivity index (χ1) is 13.7. The molecule has 0 aromatic heterocycles. The van der Waals surface area contributed by atoms with Gasteiger partial charge in [-0.1, -0.05) is 55.0 Å². The third kappa shape index (κ3) is 6.45. The van der Waals surface area contributed by atoms with Gasteiger partial charge in [-0.25, -0.2) is 0 Å². The van der Waals surface area contributed by atoms with E-state index in [-0.39, 0.29) is 24.3 Å². The van der Waals surface area contributed by atoms with Crippen molar-refractivity contribution in [1.29, 1.82) is 0 Å². The van der Waals surface area contributed by atoms with Gasteiger partial charge in [0, 0.05) is 12.6 Å². The van der Waals surface area contributed by atoms with Gasteiger partial charge in [0.25, 0.3) is 0 Å². The van der Waals surface area contributed by atoms with Crippen LogP contribution in [0, 0.1) is 20.8 Å². The van der Waals surface area contributed by atoms with Crippen LogP contribution in [0.2, 0.25) is 0 Å². The number of aryl methyl sites for hydroxylation is 3. The second kappa shape index (κ2) is 10.2. The first-order valence-corrected chi connectivity index (χ1v) is 10.4. The molecule has 0 bridgehead atoms. The van der Waals surface area contributed by atoms with E-state index in [4.69, 9.17) is 0 Å². The van der Waals surface area contributed by atoms with Gasteiger partial charge in [-0.05, 0) is 63.3 Å². The lowest BCUT2D eigenvalue weighted by molar-refractivity contribution is -0.140. The predicted octanol–water partition coefficient (Wildman–Crippen LogP) is 4.49. The second-order valence-electron chi connectivity index (χ2n) is 8.10. The van der Waals surface area contributed by atoms with Crippen molar-refractivity contribution in [3.8, 4) is 0 Å². The average molecular weight is 395 g/mol. The van der Waals surface area contributed by atoms with Crippen molar-refractivity contribution >= 4 is 11.8 Å². The van der Waals surface area contributed by atoms with Crippen LogP contribution in [0.4, 0.5) is 0 Å². The fourth-order valence-corrected chi connectivity index (χ4v) is 3.13. The zero-order chi connectivity index (χ0) is 21.6. The van der Waals surface area contributed by atoms with Crippen LogP contribution in [0.25, 0.3) is 0 Å². The minimum Gasteiger partial charge on any atom is -0.352 e. The summed E-state index contributed by atoms with van der Waals surface area (Å²) in [6.45, 7) is 12.4. The highest BCUT2D eigenvalue weighted by Crippen LogP contribution is 2.15. The molecule has 2 atom stereocenters. The smallest absolute Gasteiger partial charge is 0.242 e. The number of rotatable bonds is 8. The number of carbonyl (C=O) groups is 2. The number of nitrogens with one attached hydrogen (secondary N) is 1. The third-order valence-corrected chi connectivity index (χ3v) is 5.57. The Balaban J connectivity index is 2.23. The molecular formula is C25H34N2O2. The number of benzene rings is 2. The van der Waals surface area contributed by atoms with Crippen molar-refractivity contribution in [3.63, 3.8) is 0 Å². The van der Waals surface area contributed by atoms with Gasteiger partial charge in [-0.2, -0.15) is 0 Å². The lowest BCUT2D eigenvalue weighted by atomic mass is 10.0. The fraction of sp³-hybridized carbons (Fsp3) is 0.440. The van der Waals surface area contributed by atoms with Gasteiger partial charge < -0.3 is 10.2 Å². The Kier molecular flexibility index (Phi) is 8.00. The summed E-state index contributed by atoms with van der Waals surface area (Å²) in [5.74, 6) is -0.152. The first-order valence-electron chi connectivity index (χ1n) is 10.4. The van der Waals surface area contributed by atoms with E-state index in [0.29, 0.717) is 6.54 Å². The SMILES string of the molecule is CC[C@H](C)NC(=O)[C@@H](C)N(Cc1ccc(C)cc1)C(=O)Cc1ccc(C)c(C)c1. The van der Waals surface area contributed by atoms with Crippen LogP contribution in [0.1, 0.15) is 55.0 Å². The molecule has 0 spiro atoms. The van der Waals surface area contributed by atoms with Gasteiger partial charge in [0.1, 0.15) is 6.04 Å². The van der Waals surface area contributed by atoms with Crippen LogP contribution in [0.15, 0.2) is 42.5 Å². The lowest BCUT2D eigenvalue weighted by Gasteiger charge is -2.30. The Morgan fingerprint density at radius 1 is 0.931 bits per heavy atom. The summed E-state index contributed by atoms with van der Waals surface area (Å²) in [5, 5.41) is 3.01. The van der Waals surface area contributed by atoms with Crippen LogP contribution < -0.4 is 5.32 Å². The molecule has 2 aromatic rings. The summed E-state index contributed by atoms with van der Waals surface area (Å²) in [6, 6.07) is 13.7. The molecule has 0 radical (unpaired) electrons. The third-order valence-electron chi connectivity index (χ3n) is 5.57. The molecule has 0 saturated carbocycles. The molecule has 0 aliphatic rings. The molecule has 0 unspecified atom stereocenters. The summed E-state index contributed by atoms with van der Waals surface area (Å²) in [7, 11) is 0. The molecule has 0 fully saturated rings. The van der Waals surface area contributed by atoms with Crippen molar-refractivity contribution in [3.05, 3.63) is 70.3 Å². The van der Waals surface area contributed by atoms with Crippen molar-refractivity contribution in [2.75, 3.05) is 0 Å². The molecule has 156 valence electrons. The molecule has 0 saturated heterocycles. The van der Waals surface area contributed by atoms with Crippen molar-refractivity contribution in [2.45, 2.75) is 73.0 Å². The predicted molar refractivity (Wildman–Crippen MR) is 119 cm³/mol. The molecule has 2 rings (SSSR count). The van der Waals surface area contributed by atoms with E-state index >= 15 is 0 Å². The highest BCUT2D eigenvalue weighted by atomic mass is 16.2. The van der Waals surface area contributed by atoms with Crippen LogP contribution in [0.3, 0.4) is 0 Å². The van der Waals surface area contributed by atoms with Gasteiger partial charge in [-0.15, -0.1) is 0 Å². The molecular weight excluding hydrogens is 360 g/mol. The Labute approximate surface area is 175 Å². The molecule has 0 aliphatic heterocycles. The molecule has 2 amide bonds. The maximum atomic E-state index is 13.2. The maximum Gasteiger partial charge on any atom is 0.242 e. The number of amides is 2. The van der Waals surface area contributed by atoms with Crippen molar-refractivity contribution in [2.24, 2.45) is 0 Å². The normalized spacial score (nSPS) is 12.9. The fourth-order valence-electron chi connectivity index (χ4n) is 3.13. The Morgan fingerprint density at radius 2 is 1.55 bits per heavy atom. The Hall–Kier alpha value is -2.62. The Bertz CT molecular complexity index is 842. The first kappa shape index (κ1) is 22.7. The number of hydrogen-bond acceptors (Lipinski definition) is 2. The van der Waals surface area contributed by atoms with Crippen molar-refractivity contribution < 1.29 is 9.59 Å². The highest BCUT2D eigenvalue weighted by Gasteiger charge is 2.26. The summed E-state index contributed by atoms with van der Waals surface area (Å²) < 4.78 is 0. The van der Waals surface area contributed by atoms with Gasteiger partial charge in [0.15, 0.2) is 0 Å². The standard InChI is InChI=1S/C25H34N2O2/c1-7-20(5)26-25(29)21(6)27(16-22-11-8-17(2)9-12-22)24(28)15-23-13-10-18(3)19(4)14-23/h8-14,20-21H,7,15-16H2,1-6H3,(H,26,29)/t20-,21+/m0/s1. The van der Waals surface area contributed by atoms with Gasteiger partial charge in [-0.3, -0.25) is 9.59 Å². The van der Waals surface area contributed by atoms with Gasteiger partial charge in [0.2, 0.25) is 11.8 Å². The van der Waals surface area contributed by atoms with Crippen LogP contribution in [-0.2, 0) is 22.6 Å². The summed E-state index contributed by atoms with van der Waals surface area (Å²) in [5.41, 5.74) is 5.54. The molecule has 0 aliphatic carbocycles. The van der Waals surface area contributed by atoms with E-state index in [1.54, 1.807) is 4.90 Å². The Morgan fingerprint density at radius 3 is 2.14 bits per heavy atom. The number of nitrogens with zero attached hydrogens (tertiary/aromatic N) is 1. The molecule has 4 heteroatoms. The van der Waals surface area contributed by atoms with Gasteiger partial charge in [0.05, 0.1) is 6.42 Å². The lowest BCUT2D eigenvalue weighted by Crippen LogP contribution is -2.49. The average Bonchev–Trinajstić information content (AvgIpc) is 2.69. The van der Waals surface area contributed by atoms with Crippen LogP contribution in [-0.4, -0.2) is 28.8 Å². The summed E-state index contributed by atoms with van der Waals surface area (Å²) >= 11 is 0. The monoisotopic (exact) mass is 394 g/mol. The molecule has 2 aromatic carbocycles. The number of hydrogen-bond donors (Lipinski definition) is 1. The highest BCUT2D eigenvalue weighted by molar-refractivity contribution is 5.88. The van der Waals surface area contributed by atoms with E-state index in [0.717, 1.165) is 17.5 Å². The zero-order valence-electron chi connectivity index (χ0n) is 18.6. The molecule has 29 heavy (non-hydrogen) atoms. The summed E-state index contributed by atoms with van der Waals surface area (Å²) in [4.78, 5) is 27.7. The van der Waals surface area contributed by atoms with E-state index in [9.17, 15) is 9.59 Å². The van der Waals surface area contributed by atoms with Crippen molar-refractivity contribution in [1.82, 2.24) is 10.2 Å². The maximum absolute atomic E-state index is 13.2. The number of carbonyl (C=O) groups excluding carboxylic acids is 2. The minimum absolute atomic E-state index is 0.0411. The zero-order valence-corrected chi connectivity index (χ0v) is 18.6. The quantitative estimate of drug-likeness (QED) is 0.717. The molecule has 4 nitrogen and oxygen atoms in total. The molecule has 1 N–H and O–H groups in total. The van der Waals surface area contributed by atoms with E-state index in [2.05, 4.69) is 25.2 Å². The minimum atomic E-state index is -0.538. The van der Waals surface area contributed by atoms with Crippen LogP contribution in [0.5, 0.6) is 0 Å². The summed E-state index contributed by atoms with van der Waals surface area (Å²) in [6.07, 6.45) is 1.14. The van der Waals surface area contributed by atoms with E-state index < -0.39 is 6.04 Å². The second-order valence-corrected chi connectivity index (χ2v) is 8.10.